The summed E-state index contributed by atoms with van der Waals surface area (Å²) in [4.78, 5) is 2.31. The van der Waals surface area contributed by atoms with Crippen LogP contribution < -0.4 is 0 Å². The lowest BCUT2D eigenvalue weighted by molar-refractivity contribution is 0.158. The van der Waals surface area contributed by atoms with Crippen LogP contribution in [0.4, 0.5) is 4.39 Å². The van der Waals surface area contributed by atoms with E-state index < -0.39 is 10.1 Å². The Morgan fingerprint density at radius 3 is 2.80 bits per heavy atom. The first-order chi connectivity index (χ1) is 11.8. The van der Waals surface area contributed by atoms with Gasteiger partial charge in [0.15, 0.2) is 5.58 Å². The molecule has 0 saturated carbocycles. The van der Waals surface area contributed by atoms with Gasteiger partial charge in [-0.15, -0.1) is 0 Å². The number of hydrogen-bond acceptors (Lipinski definition) is 6. The smallest absolute Gasteiger partial charge is 0.264 e. The first-order valence-electron chi connectivity index (χ1n) is 8.43. The van der Waals surface area contributed by atoms with E-state index in [1.165, 1.54) is 12.1 Å². The van der Waals surface area contributed by atoms with Crippen molar-refractivity contribution in [2.45, 2.75) is 25.7 Å². The van der Waals surface area contributed by atoms with Crippen LogP contribution in [0, 0.1) is 11.7 Å². The summed E-state index contributed by atoms with van der Waals surface area (Å²) in [6, 6.07) is 4.53. The molecule has 6 nitrogen and oxygen atoms in total. The van der Waals surface area contributed by atoms with Gasteiger partial charge in [-0.05, 0) is 44.0 Å². The molecule has 138 valence electrons. The number of aromatic nitrogens is 1. The second-order valence-electron chi connectivity index (χ2n) is 6.88. The normalized spacial score (nSPS) is 18.7. The zero-order valence-corrected chi connectivity index (χ0v) is 15.3. The molecule has 0 unspecified atom stereocenters. The van der Waals surface area contributed by atoms with Gasteiger partial charge in [-0.25, -0.2) is 4.39 Å². The third kappa shape index (κ3) is 4.77. The first kappa shape index (κ1) is 18.3. The van der Waals surface area contributed by atoms with E-state index in [-0.39, 0.29) is 18.3 Å². The Morgan fingerprint density at radius 1 is 1.40 bits per heavy atom. The van der Waals surface area contributed by atoms with E-state index >= 15 is 0 Å². The maximum Gasteiger partial charge on any atom is 0.264 e. The minimum Gasteiger partial charge on any atom is -0.356 e. The molecular formula is C17H23FN2O4S. The van der Waals surface area contributed by atoms with E-state index in [0.29, 0.717) is 11.5 Å². The number of nitrogens with zero attached hydrogens (tertiary/aromatic N) is 2. The highest BCUT2D eigenvalue weighted by Gasteiger charge is 2.26. The molecule has 0 N–H and O–H groups in total. The summed E-state index contributed by atoms with van der Waals surface area (Å²) >= 11 is 0. The number of halogens is 1. The minimum atomic E-state index is -3.39. The number of likely N-dealkylation sites (tertiary alicyclic amines) is 1. The first-order valence-corrected chi connectivity index (χ1v) is 10.2. The number of benzene rings is 1. The maximum atomic E-state index is 13.3. The summed E-state index contributed by atoms with van der Waals surface area (Å²) in [5.41, 5.74) is 1.40. The predicted octanol–water partition coefficient (Wildman–Crippen LogP) is 2.76. The molecule has 0 radical (unpaired) electrons. The Balaban J connectivity index is 1.54. The van der Waals surface area contributed by atoms with Crippen molar-refractivity contribution in [1.29, 1.82) is 0 Å². The van der Waals surface area contributed by atoms with E-state index in [9.17, 15) is 12.8 Å². The third-order valence-electron chi connectivity index (χ3n) is 4.57. The highest BCUT2D eigenvalue weighted by Crippen LogP contribution is 2.32. The van der Waals surface area contributed by atoms with Crippen LogP contribution >= 0.6 is 0 Å². The molecule has 0 aliphatic carbocycles. The largest absolute Gasteiger partial charge is 0.356 e. The third-order valence-corrected chi connectivity index (χ3v) is 5.14. The molecule has 2 aromatic rings. The molecule has 2 heterocycles. The Bertz CT molecular complexity index is 828. The Labute approximate surface area is 147 Å². The fraction of sp³-hybridized carbons (Fsp3) is 0.588. The fourth-order valence-corrected chi connectivity index (χ4v) is 3.83. The lowest BCUT2D eigenvalue weighted by Gasteiger charge is -2.32. The molecule has 1 saturated heterocycles. The van der Waals surface area contributed by atoms with Crippen LogP contribution in [0.5, 0.6) is 0 Å². The van der Waals surface area contributed by atoms with Crippen LogP contribution in [0.3, 0.4) is 0 Å². The lowest BCUT2D eigenvalue weighted by atomic mass is 9.91. The highest BCUT2D eigenvalue weighted by atomic mass is 32.2. The van der Waals surface area contributed by atoms with Crippen LogP contribution in [-0.2, 0) is 14.3 Å². The van der Waals surface area contributed by atoms with Crippen molar-refractivity contribution in [3.05, 3.63) is 29.7 Å². The van der Waals surface area contributed by atoms with Gasteiger partial charge in [0.05, 0.1) is 18.6 Å². The zero-order chi connectivity index (χ0) is 18.0. The Kier molecular flexibility index (Phi) is 5.41. The molecule has 1 aliphatic rings. The summed E-state index contributed by atoms with van der Waals surface area (Å²) in [7, 11) is -3.39. The number of piperidine rings is 1. The van der Waals surface area contributed by atoms with E-state index in [4.69, 9.17) is 8.71 Å². The van der Waals surface area contributed by atoms with E-state index in [1.54, 1.807) is 6.07 Å². The van der Waals surface area contributed by atoms with Gasteiger partial charge in [0.1, 0.15) is 5.82 Å². The SMILES string of the molecule is C[C@@H](COS(C)(=O)=O)CN1CCC(c2noc3cc(F)ccc23)CC1. The molecule has 25 heavy (non-hydrogen) atoms. The van der Waals surface area contributed by atoms with Gasteiger partial charge < -0.3 is 9.42 Å². The molecule has 1 atom stereocenters. The van der Waals surface area contributed by atoms with Crippen LogP contribution in [0.25, 0.3) is 11.0 Å². The van der Waals surface area contributed by atoms with Gasteiger partial charge >= 0.3 is 0 Å². The van der Waals surface area contributed by atoms with Gasteiger partial charge in [0, 0.05) is 23.9 Å². The average Bonchev–Trinajstić information content (AvgIpc) is 2.96. The second kappa shape index (κ2) is 7.39. The molecule has 3 rings (SSSR count). The van der Waals surface area contributed by atoms with Crippen molar-refractivity contribution in [2.24, 2.45) is 5.92 Å². The summed E-state index contributed by atoms with van der Waals surface area (Å²) in [5, 5.41) is 5.04. The molecule has 0 amide bonds. The van der Waals surface area contributed by atoms with Crippen LogP contribution in [0.1, 0.15) is 31.4 Å². The minimum absolute atomic E-state index is 0.141. The Hall–Kier alpha value is -1.51. The number of hydrogen-bond donors (Lipinski definition) is 0. The van der Waals surface area contributed by atoms with Crippen LogP contribution in [-0.4, -0.2) is 51.0 Å². The molecule has 0 bridgehead atoms. The van der Waals surface area contributed by atoms with Gasteiger partial charge in [-0.2, -0.15) is 8.42 Å². The van der Waals surface area contributed by atoms with Gasteiger partial charge in [-0.3, -0.25) is 4.18 Å². The van der Waals surface area contributed by atoms with E-state index in [1.807, 2.05) is 6.92 Å². The molecule has 0 spiro atoms. The molecule has 8 heteroatoms. The molecular weight excluding hydrogens is 347 g/mol. The summed E-state index contributed by atoms with van der Waals surface area (Å²) in [5.74, 6) is 0.114. The topological polar surface area (TPSA) is 72.6 Å². The summed E-state index contributed by atoms with van der Waals surface area (Å²) < 4.78 is 45.5. The monoisotopic (exact) mass is 370 g/mol. The quantitative estimate of drug-likeness (QED) is 0.728. The average molecular weight is 370 g/mol. The lowest BCUT2D eigenvalue weighted by Crippen LogP contribution is -2.37. The molecule has 1 aromatic carbocycles. The molecule has 1 fully saturated rings. The fourth-order valence-electron chi connectivity index (χ4n) is 3.35. The van der Waals surface area contributed by atoms with Crippen LogP contribution in [0.2, 0.25) is 0 Å². The highest BCUT2D eigenvalue weighted by molar-refractivity contribution is 7.85. The van der Waals surface area contributed by atoms with Crippen LogP contribution in [0.15, 0.2) is 22.7 Å². The standard InChI is InChI=1S/C17H23FN2O4S/c1-12(11-23-25(2,21)22)10-20-7-5-13(6-8-20)17-15-4-3-14(18)9-16(15)24-19-17/h3-4,9,12-13H,5-8,10-11H2,1-2H3/t12-/m1/s1. The number of rotatable bonds is 6. The summed E-state index contributed by atoms with van der Waals surface area (Å²) in [6.45, 7) is 4.80. The summed E-state index contributed by atoms with van der Waals surface area (Å²) in [6.07, 6.45) is 2.96. The van der Waals surface area contributed by atoms with E-state index in [0.717, 1.165) is 49.8 Å². The zero-order valence-electron chi connectivity index (χ0n) is 14.4. The molecule has 1 aliphatic heterocycles. The second-order valence-corrected chi connectivity index (χ2v) is 8.52. The van der Waals surface area contributed by atoms with Crippen molar-refractivity contribution in [3.8, 4) is 0 Å². The number of fused-ring (bicyclic) bond motifs is 1. The van der Waals surface area contributed by atoms with E-state index in [2.05, 4.69) is 10.1 Å². The predicted molar refractivity (Wildman–Crippen MR) is 92.3 cm³/mol. The van der Waals surface area contributed by atoms with Crippen molar-refractivity contribution in [2.75, 3.05) is 32.5 Å². The Morgan fingerprint density at radius 2 is 2.12 bits per heavy atom. The van der Waals surface area contributed by atoms with Gasteiger partial charge in [0.25, 0.3) is 10.1 Å². The van der Waals surface area contributed by atoms with Crippen molar-refractivity contribution in [1.82, 2.24) is 10.1 Å². The molecule has 1 aromatic heterocycles. The van der Waals surface area contributed by atoms with Crippen molar-refractivity contribution in [3.63, 3.8) is 0 Å². The maximum absolute atomic E-state index is 13.3. The van der Waals surface area contributed by atoms with Crippen molar-refractivity contribution < 1.29 is 21.5 Å². The van der Waals surface area contributed by atoms with Crippen molar-refractivity contribution >= 4 is 21.1 Å². The van der Waals surface area contributed by atoms with Gasteiger partial charge in [0.2, 0.25) is 0 Å². The van der Waals surface area contributed by atoms with Gasteiger partial charge in [-0.1, -0.05) is 12.1 Å².